The minimum Gasteiger partial charge on any atom is -0.381 e. The average Bonchev–Trinajstić information content (AvgIpc) is 2.87. The van der Waals surface area contributed by atoms with Crippen LogP contribution in [0.1, 0.15) is 52.4 Å². The van der Waals surface area contributed by atoms with Crippen molar-refractivity contribution in [1.82, 2.24) is 10.2 Å². The fourth-order valence-electron chi connectivity index (χ4n) is 4.17. The van der Waals surface area contributed by atoms with Crippen LogP contribution >= 0.6 is 0 Å². The molecule has 0 bridgehead atoms. The summed E-state index contributed by atoms with van der Waals surface area (Å²) in [4.78, 5) is 2.59. The fourth-order valence-corrected chi connectivity index (χ4v) is 4.17. The highest BCUT2D eigenvalue weighted by atomic mass is 16.5. The van der Waals surface area contributed by atoms with Crippen LogP contribution in [0.15, 0.2) is 0 Å². The third-order valence-electron chi connectivity index (χ3n) is 5.15. The zero-order valence-electron chi connectivity index (χ0n) is 14.5. The second-order valence-corrected chi connectivity index (χ2v) is 8.01. The molecule has 2 fully saturated rings. The van der Waals surface area contributed by atoms with Gasteiger partial charge in [-0.1, -0.05) is 26.7 Å². The first-order chi connectivity index (χ1) is 10.1. The van der Waals surface area contributed by atoms with E-state index in [1.54, 1.807) is 0 Å². The van der Waals surface area contributed by atoms with E-state index in [1.807, 2.05) is 0 Å². The van der Waals surface area contributed by atoms with Crippen molar-refractivity contribution in [2.24, 2.45) is 17.3 Å². The van der Waals surface area contributed by atoms with E-state index in [9.17, 15) is 0 Å². The van der Waals surface area contributed by atoms with Gasteiger partial charge in [0.2, 0.25) is 0 Å². The third kappa shape index (κ3) is 5.88. The molecular weight excluding hydrogens is 260 g/mol. The van der Waals surface area contributed by atoms with Gasteiger partial charge < -0.3 is 15.0 Å². The zero-order valence-corrected chi connectivity index (χ0v) is 14.5. The van der Waals surface area contributed by atoms with Crippen molar-refractivity contribution in [3.63, 3.8) is 0 Å². The van der Waals surface area contributed by atoms with Gasteiger partial charge in [-0.2, -0.15) is 0 Å². The summed E-state index contributed by atoms with van der Waals surface area (Å²) in [5.41, 5.74) is 0.527. The molecule has 3 nitrogen and oxygen atoms in total. The Morgan fingerprint density at radius 1 is 1.24 bits per heavy atom. The molecule has 3 heteroatoms. The molecule has 1 N–H and O–H groups in total. The zero-order chi connectivity index (χ0) is 15.1. The minimum absolute atomic E-state index is 0.527. The number of rotatable bonds is 8. The molecule has 0 radical (unpaired) electrons. The molecule has 0 spiro atoms. The molecule has 1 heterocycles. The molecule has 21 heavy (non-hydrogen) atoms. The van der Waals surface area contributed by atoms with Crippen LogP contribution in [0.25, 0.3) is 0 Å². The van der Waals surface area contributed by atoms with E-state index < -0.39 is 0 Å². The van der Waals surface area contributed by atoms with Crippen molar-refractivity contribution in [1.29, 1.82) is 0 Å². The second-order valence-electron chi connectivity index (χ2n) is 8.01. The van der Waals surface area contributed by atoms with Crippen molar-refractivity contribution in [3.8, 4) is 0 Å². The van der Waals surface area contributed by atoms with Crippen LogP contribution in [0.4, 0.5) is 0 Å². The van der Waals surface area contributed by atoms with Gasteiger partial charge in [0.25, 0.3) is 0 Å². The number of hydrogen-bond donors (Lipinski definition) is 1. The Morgan fingerprint density at radius 2 is 2.00 bits per heavy atom. The Kier molecular flexibility index (Phi) is 6.97. The summed E-state index contributed by atoms with van der Waals surface area (Å²) in [7, 11) is 2.32. The lowest BCUT2D eigenvalue weighted by Crippen LogP contribution is -2.44. The quantitative estimate of drug-likeness (QED) is 0.744. The lowest BCUT2D eigenvalue weighted by molar-refractivity contribution is 0.0355. The summed E-state index contributed by atoms with van der Waals surface area (Å²) in [6, 6.07) is 0. The van der Waals surface area contributed by atoms with E-state index in [2.05, 4.69) is 31.1 Å². The number of nitrogens with zero attached hydrogens (tertiary/aromatic N) is 1. The van der Waals surface area contributed by atoms with E-state index in [0.29, 0.717) is 5.41 Å². The molecule has 1 saturated heterocycles. The maximum absolute atomic E-state index is 5.63. The summed E-state index contributed by atoms with van der Waals surface area (Å²) >= 11 is 0. The molecule has 0 amide bonds. The molecule has 2 aliphatic rings. The fraction of sp³-hybridized carbons (Fsp3) is 1.00. The molecule has 124 valence electrons. The molecule has 1 aliphatic heterocycles. The first-order valence-electron chi connectivity index (χ1n) is 9.07. The summed E-state index contributed by atoms with van der Waals surface area (Å²) in [6.07, 6.45) is 8.25. The number of nitrogens with one attached hydrogen (secondary N) is 1. The van der Waals surface area contributed by atoms with Crippen LogP contribution in [0.5, 0.6) is 0 Å². The normalized spacial score (nSPS) is 25.9. The van der Waals surface area contributed by atoms with Gasteiger partial charge in [-0.15, -0.1) is 0 Å². The highest BCUT2D eigenvalue weighted by Crippen LogP contribution is 2.38. The van der Waals surface area contributed by atoms with E-state index >= 15 is 0 Å². The van der Waals surface area contributed by atoms with Gasteiger partial charge in [0.05, 0.1) is 6.61 Å². The number of hydrogen-bond acceptors (Lipinski definition) is 3. The molecule has 1 atom stereocenters. The third-order valence-corrected chi connectivity index (χ3v) is 5.15. The molecule has 2 rings (SSSR count). The Balaban J connectivity index is 1.77. The van der Waals surface area contributed by atoms with E-state index in [-0.39, 0.29) is 0 Å². The van der Waals surface area contributed by atoms with Crippen molar-refractivity contribution in [2.45, 2.75) is 52.4 Å². The molecule has 0 aromatic rings. The Morgan fingerprint density at radius 3 is 2.62 bits per heavy atom. The van der Waals surface area contributed by atoms with Gasteiger partial charge in [-0.25, -0.2) is 0 Å². The molecule has 0 aromatic heterocycles. The van der Waals surface area contributed by atoms with Crippen LogP contribution in [0, 0.1) is 17.3 Å². The summed E-state index contributed by atoms with van der Waals surface area (Å²) in [5.74, 6) is 1.51. The van der Waals surface area contributed by atoms with Crippen LogP contribution < -0.4 is 5.32 Å². The largest absolute Gasteiger partial charge is 0.381 e. The average molecular weight is 296 g/mol. The molecule has 1 saturated carbocycles. The lowest BCUT2D eigenvalue weighted by atomic mass is 9.85. The summed E-state index contributed by atoms with van der Waals surface area (Å²) in [6.45, 7) is 11.4. The summed E-state index contributed by atoms with van der Waals surface area (Å²) < 4.78 is 5.63. The van der Waals surface area contributed by atoms with E-state index in [4.69, 9.17) is 4.74 Å². The lowest BCUT2D eigenvalue weighted by Gasteiger charge is -2.36. The predicted molar refractivity (Wildman–Crippen MR) is 89.6 cm³/mol. The Labute approximate surface area is 131 Å². The highest BCUT2D eigenvalue weighted by molar-refractivity contribution is 4.89. The molecule has 0 aromatic carbocycles. The van der Waals surface area contributed by atoms with Crippen molar-refractivity contribution in [3.05, 3.63) is 0 Å². The minimum atomic E-state index is 0.527. The Bertz CT molecular complexity index is 281. The Hall–Kier alpha value is -0.120. The van der Waals surface area contributed by atoms with E-state index in [1.165, 1.54) is 58.2 Å². The van der Waals surface area contributed by atoms with Crippen LogP contribution in [0.3, 0.4) is 0 Å². The number of ether oxygens (including phenoxy) is 1. The summed E-state index contributed by atoms with van der Waals surface area (Å²) in [5, 5.41) is 3.73. The predicted octanol–water partition coefficient (Wildman–Crippen LogP) is 3.15. The van der Waals surface area contributed by atoms with Crippen molar-refractivity contribution >= 4 is 0 Å². The van der Waals surface area contributed by atoms with Gasteiger partial charge in [-0.3, -0.25) is 0 Å². The highest BCUT2D eigenvalue weighted by Gasteiger charge is 2.34. The van der Waals surface area contributed by atoms with Crippen LogP contribution in [0.2, 0.25) is 0 Å². The van der Waals surface area contributed by atoms with Crippen LogP contribution in [-0.2, 0) is 4.74 Å². The van der Waals surface area contributed by atoms with Gasteiger partial charge >= 0.3 is 0 Å². The topological polar surface area (TPSA) is 24.5 Å². The standard InChI is InChI=1S/C18H36N2O/c1-16(2)11-19-14-18(8-4-5-9-18)15-20(3)12-17-7-6-10-21-13-17/h16-17,19H,4-15H2,1-3H3. The van der Waals surface area contributed by atoms with Crippen LogP contribution in [-0.4, -0.2) is 51.3 Å². The first-order valence-corrected chi connectivity index (χ1v) is 9.07. The van der Waals surface area contributed by atoms with E-state index in [0.717, 1.165) is 31.6 Å². The second kappa shape index (κ2) is 8.50. The van der Waals surface area contributed by atoms with Gasteiger partial charge in [0.15, 0.2) is 0 Å². The molecule has 1 aliphatic carbocycles. The van der Waals surface area contributed by atoms with Gasteiger partial charge in [0, 0.05) is 26.2 Å². The van der Waals surface area contributed by atoms with Crippen molar-refractivity contribution in [2.75, 3.05) is 46.4 Å². The maximum atomic E-state index is 5.63. The van der Waals surface area contributed by atoms with Gasteiger partial charge in [-0.05, 0) is 56.5 Å². The van der Waals surface area contributed by atoms with Crippen molar-refractivity contribution < 1.29 is 4.74 Å². The first kappa shape index (κ1) is 17.2. The maximum Gasteiger partial charge on any atom is 0.0506 e. The monoisotopic (exact) mass is 296 g/mol. The smallest absolute Gasteiger partial charge is 0.0506 e. The SMILES string of the molecule is CC(C)CNCC1(CN(C)CC2CCCOC2)CCCC1. The van der Waals surface area contributed by atoms with Gasteiger partial charge in [0.1, 0.15) is 0 Å². The molecule has 1 unspecified atom stereocenters. The molecular formula is C18H36N2O.